The van der Waals surface area contributed by atoms with Crippen molar-refractivity contribution in [1.29, 1.82) is 0 Å². The van der Waals surface area contributed by atoms with Gasteiger partial charge in [-0.05, 0) is 49.7 Å². The van der Waals surface area contributed by atoms with Gasteiger partial charge in [0, 0.05) is 45.5 Å². The minimum atomic E-state index is -0.622. The van der Waals surface area contributed by atoms with Crippen molar-refractivity contribution < 1.29 is 9.47 Å². The lowest BCUT2D eigenvalue weighted by Crippen LogP contribution is -2.16. The van der Waals surface area contributed by atoms with Gasteiger partial charge in [0.25, 0.3) is 0 Å². The zero-order chi connectivity index (χ0) is 28.9. The standard InChI is InChI=1S/C34H32O2P2.B3/c1-35-31-20-9-11-22-33(31)37(29-16-5-3-6-17-29)25-27-14-13-15-28(24-27)26-38(30-18-7-4-8-19-30)34-23-12-10-21-32(34)36-2;1-3-2/h3-24H,25-26H2,1-2H3;. The highest BCUT2D eigenvalue weighted by Crippen LogP contribution is 2.43. The van der Waals surface area contributed by atoms with Crippen LogP contribution >= 0.6 is 15.8 Å². The Balaban J connectivity index is 0.00000124. The molecule has 2 nitrogen and oxygen atoms in total. The molecule has 0 aliphatic carbocycles. The van der Waals surface area contributed by atoms with Crippen molar-refractivity contribution in [2.45, 2.75) is 12.3 Å². The fourth-order valence-corrected chi connectivity index (χ4v) is 9.59. The van der Waals surface area contributed by atoms with Crippen LogP contribution in [0.4, 0.5) is 0 Å². The molecule has 5 aromatic rings. The number of para-hydroxylation sites is 2. The molecule has 0 fully saturated rings. The molecule has 2 atom stereocenters. The molecule has 0 heterocycles. The third kappa shape index (κ3) is 8.39. The minimum Gasteiger partial charge on any atom is -0.496 e. The van der Waals surface area contributed by atoms with E-state index in [2.05, 4.69) is 137 Å². The second-order valence-electron chi connectivity index (χ2n) is 9.20. The van der Waals surface area contributed by atoms with E-state index in [-0.39, 0.29) is 0 Å². The van der Waals surface area contributed by atoms with Gasteiger partial charge < -0.3 is 9.47 Å². The quantitative estimate of drug-likeness (QED) is 0.156. The SMILES string of the molecule is COc1ccccc1P(Cc1cccc(CP(c2ccccc2)c2ccccc2OC)c1)c1ccccc1.[B][B][B]. The monoisotopic (exact) mass is 567 g/mol. The average molecular weight is 567 g/mol. The van der Waals surface area contributed by atoms with Gasteiger partial charge in [0.15, 0.2) is 0 Å². The maximum absolute atomic E-state index is 5.79. The van der Waals surface area contributed by atoms with Crippen molar-refractivity contribution >= 4 is 59.6 Å². The second kappa shape index (κ2) is 16.3. The van der Waals surface area contributed by atoms with Crippen LogP contribution < -0.4 is 30.7 Å². The largest absolute Gasteiger partial charge is 0.496 e. The smallest absolute Gasteiger partial charge is 0.126 e. The lowest BCUT2D eigenvalue weighted by molar-refractivity contribution is 0.418. The van der Waals surface area contributed by atoms with Crippen LogP contribution in [-0.4, -0.2) is 36.8 Å². The van der Waals surface area contributed by atoms with Gasteiger partial charge in [-0.2, -0.15) is 0 Å². The van der Waals surface area contributed by atoms with E-state index in [9.17, 15) is 0 Å². The maximum Gasteiger partial charge on any atom is 0.126 e. The molecular formula is C34H32B3O2P2. The zero-order valence-electron chi connectivity index (χ0n) is 23.6. The van der Waals surface area contributed by atoms with Crippen molar-refractivity contribution in [1.82, 2.24) is 0 Å². The molecule has 5 radical (unpaired) electrons. The molecular weight excluding hydrogens is 535 g/mol. The van der Waals surface area contributed by atoms with Crippen molar-refractivity contribution in [3.05, 3.63) is 145 Å². The molecule has 199 valence electrons. The fraction of sp³-hybridized carbons (Fsp3) is 0.118. The van der Waals surface area contributed by atoms with Gasteiger partial charge in [-0.25, -0.2) is 0 Å². The lowest BCUT2D eigenvalue weighted by atomic mass is 9.40. The number of ether oxygens (including phenoxy) is 2. The van der Waals surface area contributed by atoms with Crippen LogP contribution in [0.2, 0.25) is 0 Å². The molecule has 0 bridgehead atoms. The molecule has 0 aliphatic heterocycles. The summed E-state index contributed by atoms with van der Waals surface area (Å²) in [7, 11) is 12.3. The van der Waals surface area contributed by atoms with E-state index in [1.807, 2.05) is 12.1 Å². The third-order valence-corrected chi connectivity index (χ3v) is 11.7. The van der Waals surface area contributed by atoms with E-state index in [1.165, 1.54) is 32.3 Å². The molecule has 2 unspecified atom stereocenters. The molecule has 0 spiro atoms. The summed E-state index contributed by atoms with van der Waals surface area (Å²) in [5.74, 6) is 1.92. The van der Waals surface area contributed by atoms with Gasteiger partial charge >= 0.3 is 0 Å². The topological polar surface area (TPSA) is 18.5 Å². The zero-order valence-corrected chi connectivity index (χ0v) is 25.3. The summed E-state index contributed by atoms with van der Waals surface area (Å²) in [6.45, 7) is 0. The molecule has 0 saturated carbocycles. The Bertz CT molecular complexity index is 1380. The summed E-state index contributed by atoms with van der Waals surface area (Å²) >= 11 is 0. The molecule has 0 aromatic heterocycles. The predicted molar refractivity (Wildman–Crippen MR) is 182 cm³/mol. The number of hydrogen-bond acceptors (Lipinski definition) is 2. The Kier molecular flexibility index (Phi) is 12.2. The predicted octanol–water partition coefficient (Wildman–Crippen LogP) is 5.83. The Morgan fingerprint density at radius 3 is 1.27 bits per heavy atom. The highest BCUT2D eigenvalue weighted by atomic mass is 31.1. The van der Waals surface area contributed by atoms with Crippen molar-refractivity contribution in [2.75, 3.05) is 14.2 Å². The normalized spacial score (nSPS) is 11.9. The van der Waals surface area contributed by atoms with Crippen LogP contribution in [0.5, 0.6) is 11.5 Å². The van der Waals surface area contributed by atoms with Gasteiger partial charge in [0.05, 0.1) is 14.2 Å². The number of hydrogen-bond donors (Lipinski definition) is 0. The van der Waals surface area contributed by atoms with Crippen LogP contribution in [0.3, 0.4) is 0 Å². The highest BCUT2D eigenvalue weighted by molar-refractivity contribution is 7.72. The summed E-state index contributed by atoms with van der Waals surface area (Å²) < 4.78 is 11.6. The number of methoxy groups -OCH3 is 2. The maximum atomic E-state index is 5.79. The Morgan fingerprint density at radius 2 is 0.878 bits per heavy atom. The molecule has 41 heavy (non-hydrogen) atoms. The van der Waals surface area contributed by atoms with Crippen molar-refractivity contribution in [2.24, 2.45) is 0 Å². The number of benzene rings is 5. The van der Waals surface area contributed by atoms with Crippen LogP contribution in [0.25, 0.3) is 0 Å². The summed E-state index contributed by atoms with van der Waals surface area (Å²) in [5.41, 5.74) is 2.71. The van der Waals surface area contributed by atoms with Crippen molar-refractivity contribution in [3.8, 4) is 11.5 Å². The van der Waals surface area contributed by atoms with Gasteiger partial charge in [-0.1, -0.05) is 121 Å². The number of rotatable bonds is 10. The van der Waals surface area contributed by atoms with Gasteiger partial charge in [-0.15, -0.1) is 0 Å². The van der Waals surface area contributed by atoms with Gasteiger partial charge in [0.1, 0.15) is 11.5 Å². The van der Waals surface area contributed by atoms with Crippen LogP contribution in [0.15, 0.2) is 133 Å². The first-order valence-corrected chi connectivity index (χ1v) is 16.5. The lowest BCUT2D eigenvalue weighted by Gasteiger charge is -2.23. The molecule has 0 saturated heterocycles. The first kappa shape index (κ1) is 30.7. The first-order chi connectivity index (χ1) is 20.2. The van der Waals surface area contributed by atoms with E-state index in [4.69, 9.17) is 9.47 Å². The fourth-order valence-electron chi connectivity index (χ4n) is 4.74. The molecule has 7 heteroatoms. The Hall–Kier alpha value is -3.25. The summed E-state index contributed by atoms with van der Waals surface area (Å²) in [4.78, 5) is 0. The summed E-state index contributed by atoms with van der Waals surface area (Å²) in [5, 5.41) is 5.28. The van der Waals surface area contributed by atoms with E-state index in [0.717, 1.165) is 30.9 Å². The minimum absolute atomic E-state index is 0.622. The van der Waals surface area contributed by atoms with Crippen LogP contribution in [0, 0.1) is 0 Å². The molecule has 0 amide bonds. The molecule has 5 rings (SSSR count). The van der Waals surface area contributed by atoms with Crippen molar-refractivity contribution in [3.63, 3.8) is 0 Å². The van der Waals surface area contributed by atoms with E-state index < -0.39 is 15.8 Å². The van der Waals surface area contributed by atoms with Crippen LogP contribution in [0.1, 0.15) is 11.1 Å². The second-order valence-corrected chi connectivity index (χ2v) is 13.5. The van der Waals surface area contributed by atoms with Gasteiger partial charge in [-0.3, -0.25) is 0 Å². The summed E-state index contributed by atoms with van der Waals surface area (Å²) in [6.07, 6.45) is 1.93. The van der Waals surface area contributed by atoms with E-state index in [0.29, 0.717) is 0 Å². The third-order valence-electron chi connectivity index (χ3n) is 6.56. The van der Waals surface area contributed by atoms with E-state index in [1.54, 1.807) is 14.2 Å². The van der Waals surface area contributed by atoms with Gasteiger partial charge in [0.2, 0.25) is 0 Å². The molecule has 5 aromatic carbocycles. The Labute approximate surface area is 251 Å². The Morgan fingerprint density at radius 1 is 0.512 bits per heavy atom. The highest BCUT2D eigenvalue weighted by Gasteiger charge is 2.21. The molecule has 0 N–H and O–H groups in total. The molecule has 0 aliphatic rings. The average Bonchev–Trinajstić information content (AvgIpc) is 3.04. The summed E-state index contributed by atoms with van der Waals surface area (Å²) in [6, 6.07) is 47.8. The first-order valence-electron chi connectivity index (χ1n) is 13.4. The van der Waals surface area contributed by atoms with Crippen LogP contribution in [-0.2, 0) is 12.3 Å². The van der Waals surface area contributed by atoms with E-state index >= 15 is 0 Å².